The summed E-state index contributed by atoms with van der Waals surface area (Å²) in [6.45, 7) is 3.62. The second-order valence-electron chi connectivity index (χ2n) is 4.76. The third-order valence-corrected chi connectivity index (χ3v) is 3.02. The van der Waals surface area contributed by atoms with E-state index < -0.39 is 4.92 Å². The van der Waals surface area contributed by atoms with Crippen LogP contribution in [-0.2, 0) is 6.54 Å². The minimum absolute atomic E-state index is 0.0667. The Bertz CT molecular complexity index is 695. The zero-order chi connectivity index (χ0) is 15.6. The van der Waals surface area contributed by atoms with E-state index in [0.717, 1.165) is 0 Å². The fraction of sp³-hybridized carbons (Fsp3) is 0.308. The first kappa shape index (κ1) is 14.6. The molecule has 1 heterocycles. The summed E-state index contributed by atoms with van der Waals surface area (Å²) in [5.74, 6) is 0.835. The van der Waals surface area contributed by atoms with Crippen LogP contribution in [0, 0.1) is 24.0 Å². The van der Waals surface area contributed by atoms with Gasteiger partial charge in [-0.15, -0.1) is 0 Å². The van der Waals surface area contributed by atoms with Crippen molar-refractivity contribution in [2.75, 3.05) is 7.05 Å². The number of nitro benzene ring substituents is 1. The molecular formula is C13H15N5O3. The van der Waals surface area contributed by atoms with Crippen LogP contribution in [0.2, 0.25) is 0 Å². The molecule has 2 rings (SSSR count). The van der Waals surface area contributed by atoms with E-state index in [1.165, 1.54) is 11.0 Å². The lowest BCUT2D eigenvalue weighted by Gasteiger charge is -2.15. The summed E-state index contributed by atoms with van der Waals surface area (Å²) < 4.78 is 0. The van der Waals surface area contributed by atoms with Crippen LogP contribution in [0.25, 0.3) is 0 Å². The molecule has 110 valence electrons. The summed E-state index contributed by atoms with van der Waals surface area (Å²) >= 11 is 0. The Morgan fingerprint density at radius 2 is 2.14 bits per heavy atom. The van der Waals surface area contributed by atoms with Crippen LogP contribution in [-0.4, -0.2) is 38.0 Å². The fourth-order valence-electron chi connectivity index (χ4n) is 1.90. The van der Waals surface area contributed by atoms with E-state index in [0.29, 0.717) is 17.2 Å². The lowest BCUT2D eigenvalue weighted by molar-refractivity contribution is -0.385. The molecule has 21 heavy (non-hydrogen) atoms. The molecule has 1 N–H and O–H groups in total. The molecule has 0 saturated heterocycles. The van der Waals surface area contributed by atoms with Crippen molar-refractivity contribution in [1.82, 2.24) is 20.1 Å². The number of hydrogen-bond donors (Lipinski definition) is 1. The van der Waals surface area contributed by atoms with Crippen molar-refractivity contribution in [3.8, 4) is 0 Å². The Morgan fingerprint density at radius 1 is 1.43 bits per heavy atom. The second kappa shape index (κ2) is 5.70. The number of H-pyrrole nitrogens is 1. The Morgan fingerprint density at radius 3 is 2.71 bits per heavy atom. The number of aromatic nitrogens is 3. The number of nitrogens with one attached hydrogen (secondary N) is 1. The molecule has 0 aliphatic rings. The molecule has 0 saturated carbocycles. The van der Waals surface area contributed by atoms with Crippen molar-refractivity contribution in [2.45, 2.75) is 20.4 Å². The number of carbonyl (C=O) groups is 1. The van der Waals surface area contributed by atoms with E-state index in [1.807, 2.05) is 0 Å². The van der Waals surface area contributed by atoms with Crippen molar-refractivity contribution in [3.05, 3.63) is 51.1 Å². The monoisotopic (exact) mass is 289 g/mol. The number of aryl methyl sites for hydroxylation is 2. The quantitative estimate of drug-likeness (QED) is 0.680. The first-order chi connectivity index (χ1) is 9.88. The third-order valence-electron chi connectivity index (χ3n) is 3.02. The number of benzene rings is 1. The van der Waals surface area contributed by atoms with Gasteiger partial charge in [0.25, 0.3) is 11.6 Å². The maximum Gasteiger partial charge on any atom is 0.273 e. The molecule has 1 aromatic heterocycles. The lowest BCUT2D eigenvalue weighted by atomic mass is 10.1. The van der Waals surface area contributed by atoms with Crippen LogP contribution in [0.4, 0.5) is 5.69 Å². The first-order valence-corrected chi connectivity index (χ1v) is 6.27. The molecule has 0 spiro atoms. The topological polar surface area (TPSA) is 105 Å². The van der Waals surface area contributed by atoms with E-state index >= 15 is 0 Å². The molecule has 8 heteroatoms. The smallest absolute Gasteiger partial charge is 0.273 e. The highest BCUT2D eigenvalue weighted by Gasteiger charge is 2.18. The molecule has 0 aliphatic heterocycles. The SMILES string of the molecule is Cc1nc(CN(C)C(=O)c2ccc(C)c([N+](=O)[O-])c2)n[nH]1. The third kappa shape index (κ3) is 3.22. The Labute approximate surface area is 121 Å². The highest BCUT2D eigenvalue weighted by molar-refractivity contribution is 5.94. The molecule has 1 aromatic carbocycles. The summed E-state index contributed by atoms with van der Waals surface area (Å²) in [5, 5.41) is 17.6. The van der Waals surface area contributed by atoms with Gasteiger partial charge in [0.05, 0.1) is 11.5 Å². The number of amides is 1. The summed E-state index contributed by atoms with van der Waals surface area (Å²) in [4.78, 5) is 28.2. The predicted molar refractivity (Wildman–Crippen MR) is 74.8 cm³/mol. The van der Waals surface area contributed by atoms with Gasteiger partial charge < -0.3 is 4.90 Å². The summed E-state index contributed by atoms with van der Waals surface area (Å²) in [6.07, 6.45) is 0. The van der Waals surface area contributed by atoms with Crippen molar-refractivity contribution < 1.29 is 9.72 Å². The summed E-state index contributed by atoms with van der Waals surface area (Å²) in [7, 11) is 1.60. The molecule has 8 nitrogen and oxygen atoms in total. The van der Waals surface area contributed by atoms with Crippen LogP contribution >= 0.6 is 0 Å². The number of rotatable bonds is 4. The van der Waals surface area contributed by atoms with E-state index in [1.54, 1.807) is 33.0 Å². The molecule has 1 amide bonds. The molecule has 0 bridgehead atoms. The van der Waals surface area contributed by atoms with Gasteiger partial charge in [-0.3, -0.25) is 20.0 Å². The van der Waals surface area contributed by atoms with Gasteiger partial charge in [-0.05, 0) is 19.9 Å². The molecule has 0 radical (unpaired) electrons. The number of nitro groups is 1. The predicted octanol–water partition coefficient (Wildman–Crippen LogP) is 1.60. The van der Waals surface area contributed by atoms with Gasteiger partial charge in [-0.1, -0.05) is 6.07 Å². The highest BCUT2D eigenvalue weighted by Crippen LogP contribution is 2.20. The average Bonchev–Trinajstić information content (AvgIpc) is 2.83. The zero-order valence-corrected chi connectivity index (χ0v) is 12.0. The van der Waals surface area contributed by atoms with Gasteiger partial charge in [-0.25, -0.2) is 4.98 Å². The molecular weight excluding hydrogens is 274 g/mol. The number of hydrogen-bond acceptors (Lipinski definition) is 5. The van der Waals surface area contributed by atoms with E-state index in [4.69, 9.17) is 0 Å². The zero-order valence-electron chi connectivity index (χ0n) is 12.0. The van der Waals surface area contributed by atoms with E-state index in [2.05, 4.69) is 15.2 Å². The number of nitrogens with zero attached hydrogens (tertiary/aromatic N) is 4. The maximum atomic E-state index is 12.3. The average molecular weight is 289 g/mol. The number of aromatic amines is 1. The van der Waals surface area contributed by atoms with Crippen LogP contribution < -0.4 is 0 Å². The van der Waals surface area contributed by atoms with E-state index in [9.17, 15) is 14.9 Å². The summed E-state index contributed by atoms with van der Waals surface area (Å²) in [6, 6.07) is 4.43. The molecule has 0 unspecified atom stereocenters. The van der Waals surface area contributed by atoms with Crippen LogP contribution in [0.5, 0.6) is 0 Å². The fourth-order valence-corrected chi connectivity index (χ4v) is 1.90. The minimum atomic E-state index is -0.495. The second-order valence-corrected chi connectivity index (χ2v) is 4.76. The van der Waals surface area contributed by atoms with Crippen LogP contribution in [0.15, 0.2) is 18.2 Å². The van der Waals surface area contributed by atoms with Gasteiger partial charge in [0.1, 0.15) is 5.82 Å². The van der Waals surface area contributed by atoms with Gasteiger partial charge >= 0.3 is 0 Å². The van der Waals surface area contributed by atoms with Crippen molar-refractivity contribution in [3.63, 3.8) is 0 Å². The standard InChI is InChI=1S/C13H15N5O3/c1-8-4-5-10(6-11(8)18(20)21)13(19)17(3)7-12-14-9(2)15-16-12/h4-6H,7H2,1-3H3,(H,14,15,16). The van der Waals surface area contributed by atoms with Crippen molar-refractivity contribution in [2.24, 2.45) is 0 Å². The van der Waals surface area contributed by atoms with Gasteiger partial charge in [0, 0.05) is 24.2 Å². The molecule has 0 atom stereocenters. The largest absolute Gasteiger partial charge is 0.334 e. The van der Waals surface area contributed by atoms with Crippen LogP contribution in [0.3, 0.4) is 0 Å². The molecule has 2 aromatic rings. The van der Waals surface area contributed by atoms with Gasteiger partial charge in [0.2, 0.25) is 0 Å². The van der Waals surface area contributed by atoms with Crippen LogP contribution in [0.1, 0.15) is 27.6 Å². The highest BCUT2D eigenvalue weighted by atomic mass is 16.6. The summed E-state index contributed by atoms with van der Waals surface area (Å²) in [5.41, 5.74) is 0.717. The maximum absolute atomic E-state index is 12.3. The first-order valence-electron chi connectivity index (χ1n) is 6.27. The Balaban J connectivity index is 2.19. The lowest BCUT2D eigenvalue weighted by Crippen LogP contribution is -2.26. The van der Waals surface area contributed by atoms with Crippen molar-refractivity contribution >= 4 is 11.6 Å². The van der Waals surface area contributed by atoms with E-state index in [-0.39, 0.29) is 23.7 Å². The minimum Gasteiger partial charge on any atom is -0.334 e. The normalized spacial score (nSPS) is 10.4. The van der Waals surface area contributed by atoms with Gasteiger partial charge in [-0.2, -0.15) is 5.10 Å². The molecule has 0 aliphatic carbocycles. The Hall–Kier alpha value is -2.77. The van der Waals surface area contributed by atoms with Crippen molar-refractivity contribution in [1.29, 1.82) is 0 Å². The molecule has 0 fully saturated rings. The van der Waals surface area contributed by atoms with Gasteiger partial charge in [0.15, 0.2) is 5.82 Å². The Kier molecular flexibility index (Phi) is 3.97. The number of carbonyl (C=O) groups excluding carboxylic acids is 1.